The predicted octanol–water partition coefficient (Wildman–Crippen LogP) is 0.726. The molecule has 2 rings (SSSR count). The molecule has 2 aromatic heterocycles. The molecule has 0 fully saturated rings. The number of nitrogens with one attached hydrogen (secondary N) is 2. The molecule has 0 saturated heterocycles. The summed E-state index contributed by atoms with van der Waals surface area (Å²) in [4.78, 5) is 24.0. The first-order valence-corrected chi connectivity index (χ1v) is 5.74. The van der Waals surface area contributed by atoms with Crippen molar-refractivity contribution in [1.29, 1.82) is 0 Å². The van der Waals surface area contributed by atoms with Gasteiger partial charge in [-0.25, -0.2) is 9.97 Å². The number of methoxy groups -OCH3 is 1. The van der Waals surface area contributed by atoms with E-state index in [0.29, 0.717) is 23.8 Å². The quantitative estimate of drug-likeness (QED) is 0.841. The summed E-state index contributed by atoms with van der Waals surface area (Å²) < 4.78 is 5.00. The smallest absolute Gasteiger partial charge is 0.297 e. The largest absolute Gasteiger partial charge is 0.481 e. The lowest BCUT2D eigenvalue weighted by Crippen LogP contribution is -2.16. The number of anilines is 1. The summed E-state index contributed by atoms with van der Waals surface area (Å²) >= 11 is 0. The molecule has 0 aromatic carbocycles. The Labute approximate surface area is 109 Å². The third-order valence-electron chi connectivity index (χ3n) is 2.33. The monoisotopic (exact) mass is 262 g/mol. The summed E-state index contributed by atoms with van der Waals surface area (Å²) in [5.74, 6) is 0.772. The molecule has 0 aliphatic carbocycles. The number of carbonyl (C=O) groups is 1. The fraction of sp³-hybridized carbons (Fsp3) is 0.364. The predicted molar refractivity (Wildman–Crippen MR) is 67.0 cm³/mol. The fourth-order valence-electron chi connectivity index (χ4n) is 1.41. The molecule has 0 bridgehead atoms. The maximum Gasteiger partial charge on any atom is 0.297 e. The minimum atomic E-state index is -0.469. The lowest BCUT2D eigenvalue weighted by atomic mass is 10.4. The molecular weight excluding hydrogens is 248 g/mol. The van der Waals surface area contributed by atoms with Gasteiger partial charge in [0, 0.05) is 18.2 Å². The van der Waals surface area contributed by atoms with Crippen LogP contribution in [0.1, 0.15) is 29.1 Å². The average molecular weight is 262 g/mol. The number of aromatic nitrogens is 5. The van der Waals surface area contributed by atoms with Crippen LogP contribution in [0.15, 0.2) is 6.07 Å². The second-order valence-corrected chi connectivity index (χ2v) is 3.79. The molecule has 0 unspecified atom stereocenters. The Bertz CT molecular complexity index is 595. The Morgan fingerprint density at radius 3 is 2.84 bits per heavy atom. The standard InChI is InChI=1S/C11H14N6O2/c1-4-7-13-9(17-16-7)10(18)15-11-12-6(2)5-8(14-11)19-3/h5H,4H2,1-3H3,(H,13,16,17)(H,12,14,15,18). The molecule has 2 heterocycles. The summed E-state index contributed by atoms with van der Waals surface area (Å²) in [6.07, 6.45) is 0.676. The Hall–Kier alpha value is -2.51. The molecule has 1 amide bonds. The topological polar surface area (TPSA) is 106 Å². The average Bonchev–Trinajstić information content (AvgIpc) is 2.86. The highest BCUT2D eigenvalue weighted by molar-refractivity contribution is 6.00. The molecule has 100 valence electrons. The van der Waals surface area contributed by atoms with Crippen LogP contribution in [0.5, 0.6) is 5.88 Å². The Balaban J connectivity index is 2.16. The summed E-state index contributed by atoms with van der Waals surface area (Å²) in [6, 6.07) is 1.66. The van der Waals surface area contributed by atoms with Crippen LogP contribution in [-0.2, 0) is 6.42 Å². The lowest BCUT2D eigenvalue weighted by Gasteiger charge is -2.04. The molecule has 8 heteroatoms. The first-order chi connectivity index (χ1) is 9.12. The molecule has 2 N–H and O–H groups in total. The van der Waals surface area contributed by atoms with Crippen LogP contribution in [0.4, 0.5) is 5.95 Å². The Morgan fingerprint density at radius 2 is 2.21 bits per heavy atom. The number of hydrogen-bond donors (Lipinski definition) is 2. The van der Waals surface area contributed by atoms with Crippen LogP contribution in [0.25, 0.3) is 0 Å². The number of hydrogen-bond acceptors (Lipinski definition) is 6. The van der Waals surface area contributed by atoms with Crippen molar-refractivity contribution < 1.29 is 9.53 Å². The zero-order chi connectivity index (χ0) is 13.8. The van der Waals surface area contributed by atoms with Crippen LogP contribution in [0.2, 0.25) is 0 Å². The van der Waals surface area contributed by atoms with Crippen LogP contribution >= 0.6 is 0 Å². The number of H-pyrrole nitrogens is 1. The van der Waals surface area contributed by atoms with Gasteiger partial charge in [0.2, 0.25) is 17.7 Å². The minimum absolute atomic E-state index is 0.0564. The van der Waals surface area contributed by atoms with E-state index in [-0.39, 0.29) is 11.8 Å². The van der Waals surface area contributed by atoms with E-state index in [1.54, 1.807) is 13.0 Å². The molecule has 0 aliphatic rings. The van der Waals surface area contributed by atoms with Crippen molar-refractivity contribution >= 4 is 11.9 Å². The molecule has 19 heavy (non-hydrogen) atoms. The van der Waals surface area contributed by atoms with Crippen molar-refractivity contribution in [2.24, 2.45) is 0 Å². The molecule has 0 saturated carbocycles. The normalized spacial score (nSPS) is 10.3. The summed E-state index contributed by atoms with van der Waals surface area (Å²) in [7, 11) is 1.50. The first kappa shape index (κ1) is 12.9. The van der Waals surface area contributed by atoms with Gasteiger partial charge in [0.25, 0.3) is 5.91 Å². The maximum atomic E-state index is 11.9. The summed E-state index contributed by atoms with van der Waals surface area (Å²) in [6.45, 7) is 3.69. The molecule has 8 nitrogen and oxygen atoms in total. The van der Waals surface area contributed by atoms with Crippen molar-refractivity contribution in [2.45, 2.75) is 20.3 Å². The van der Waals surface area contributed by atoms with Crippen molar-refractivity contribution in [2.75, 3.05) is 12.4 Å². The lowest BCUT2D eigenvalue weighted by molar-refractivity contribution is 0.101. The van der Waals surface area contributed by atoms with Gasteiger partial charge in [0.15, 0.2) is 0 Å². The summed E-state index contributed by atoms with van der Waals surface area (Å²) in [5, 5.41) is 9.01. The van der Waals surface area contributed by atoms with Crippen LogP contribution in [0.3, 0.4) is 0 Å². The third-order valence-corrected chi connectivity index (χ3v) is 2.33. The van der Waals surface area contributed by atoms with Gasteiger partial charge in [-0.15, -0.1) is 5.10 Å². The van der Waals surface area contributed by atoms with E-state index in [0.717, 1.165) is 0 Å². The second-order valence-electron chi connectivity index (χ2n) is 3.79. The Kier molecular flexibility index (Phi) is 3.69. The zero-order valence-corrected chi connectivity index (χ0v) is 10.9. The minimum Gasteiger partial charge on any atom is -0.481 e. The van der Waals surface area contributed by atoms with E-state index in [9.17, 15) is 4.79 Å². The highest BCUT2D eigenvalue weighted by Gasteiger charge is 2.14. The molecule has 0 atom stereocenters. The number of aromatic amines is 1. The van der Waals surface area contributed by atoms with Crippen molar-refractivity contribution in [1.82, 2.24) is 25.1 Å². The number of nitrogens with zero attached hydrogens (tertiary/aromatic N) is 4. The number of carbonyl (C=O) groups excluding carboxylic acids is 1. The fourth-order valence-corrected chi connectivity index (χ4v) is 1.41. The number of aryl methyl sites for hydroxylation is 2. The molecule has 2 aromatic rings. The van der Waals surface area contributed by atoms with Crippen molar-refractivity contribution in [3.05, 3.63) is 23.4 Å². The van der Waals surface area contributed by atoms with Gasteiger partial charge in [0.05, 0.1) is 7.11 Å². The van der Waals surface area contributed by atoms with Crippen molar-refractivity contribution in [3.8, 4) is 5.88 Å². The van der Waals surface area contributed by atoms with Gasteiger partial charge in [-0.2, -0.15) is 4.98 Å². The summed E-state index contributed by atoms with van der Waals surface area (Å²) in [5.41, 5.74) is 0.686. The second kappa shape index (κ2) is 5.42. The third kappa shape index (κ3) is 3.03. The van der Waals surface area contributed by atoms with E-state index in [2.05, 4.69) is 30.5 Å². The van der Waals surface area contributed by atoms with Crippen LogP contribution in [0, 0.1) is 6.92 Å². The Morgan fingerprint density at radius 1 is 1.42 bits per heavy atom. The van der Waals surface area contributed by atoms with Crippen LogP contribution < -0.4 is 10.1 Å². The van der Waals surface area contributed by atoms with Crippen molar-refractivity contribution in [3.63, 3.8) is 0 Å². The van der Waals surface area contributed by atoms with Crippen LogP contribution in [-0.4, -0.2) is 38.2 Å². The van der Waals surface area contributed by atoms with Gasteiger partial charge >= 0.3 is 0 Å². The van der Waals surface area contributed by atoms with Gasteiger partial charge in [-0.05, 0) is 6.92 Å². The zero-order valence-electron chi connectivity index (χ0n) is 10.9. The van der Waals surface area contributed by atoms with Gasteiger partial charge in [0.1, 0.15) is 5.82 Å². The van der Waals surface area contributed by atoms with E-state index >= 15 is 0 Å². The van der Waals surface area contributed by atoms with Gasteiger partial charge in [-0.1, -0.05) is 6.92 Å². The van der Waals surface area contributed by atoms with E-state index in [4.69, 9.17) is 4.74 Å². The van der Waals surface area contributed by atoms with E-state index in [1.165, 1.54) is 7.11 Å². The first-order valence-electron chi connectivity index (χ1n) is 5.74. The number of amides is 1. The highest BCUT2D eigenvalue weighted by Crippen LogP contribution is 2.11. The van der Waals surface area contributed by atoms with E-state index in [1.807, 2.05) is 6.92 Å². The molecular formula is C11H14N6O2. The highest BCUT2D eigenvalue weighted by atomic mass is 16.5. The maximum absolute atomic E-state index is 11.9. The number of rotatable bonds is 4. The van der Waals surface area contributed by atoms with Gasteiger partial charge < -0.3 is 4.74 Å². The molecule has 0 aliphatic heterocycles. The van der Waals surface area contributed by atoms with Gasteiger partial charge in [-0.3, -0.25) is 15.2 Å². The number of ether oxygens (including phenoxy) is 1. The SMILES string of the molecule is CCc1nc(C(=O)Nc2nc(C)cc(OC)n2)n[nH]1. The van der Waals surface area contributed by atoms with E-state index < -0.39 is 5.91 Å². The molecule has 0 spiro atoms. The molecule has 0 radical (unpaired) electrons.